The highest BCUT2D eigenvalue weighted by molar-refractivity contribution is 5.74. The Kier molecular flexibility index (Phi) is 6.07. The quantitative estimate of drug-likeness (QED) is 0.844. The van der Waals surface area contributed by atoms with Crippen molar-refractivity contribution in [3.63, 3.8) is 0 Å². The minimum atomic E-state index is -0.297. The smallest absolute Gasteiger partial charge is 0.315 e. The fourth-order valence-corrected chi connectivity index (χ4v) is 2.76. The number of hydrogen-bond acceptors (Lipinski definition) is 4. The number of furan rings is 1. The number of urea groups is 1. The molecule has 2 N–H and O–H groups in total. The fraction of sp³-hybridized carbons (Fsp3) is 0.667. The molecule has 1 aliphatic carbocycles. The second-order valence-electron chi connectivity index (χ2n) is 5.31. The van der Waals surface area contributed by atoms with Crippen LogP contribution in [0.4, 0.5) is 4.79 Å². The maximum atomic E-state index is 12.2. The van der Waals surface area contributed by atoms with Crippen molar-refractivity contribution < 1.29 is 18.7 Å². The van der Waals surface area contributed by atoms with Gasteiger partial charge in [-0.1, -0.05) is 12.8 Å². The summed E-state index contributed by atoms with van der Waals surface area (Å²) < 4.78 is 15.9. The van der Waals surface area contributed by atoms with E-state index in [1.54, 1.807) is 26.5 Å². The van der Waals surface area contributed by atoms with E-state index in [2.05, 4.69) is 10.6 Å². The van der Waals surface area contributed by atoms with Gasteiger partial charge in [0.15, 0.2) is 0 Å². The molecule has 1 saturated carbocycles. The summed E-state index contributed by atoms with van der Waals surface area (Å²) in [5, 5.41) is 5.89. The number of hydrogen-bond donors (Lipinski definition) is 2. The van der Waals surface area contributed by atoms with Crippen molar-refractivity contribution in [2.45, 2.75) is 43.9 Å². The Morgan fingerprint density at radius 3 is 2.90 bits per heavy atom. The van der Waals surface area contributed by atoms with Crippen LogP contribution < -0.4 is 10.6 Å². The van der Waals surface area contributed by atoms with Crippen LogP contribution in [-0.2, 0) is 9.47 Å². The molecule has 2 amide bonds. The third-order valence-corrected chi connectivity index (χ3v) is 3.85. The molecular weight excluding hydrogens is 272 g/mol. The van der Waals surface area contributed by atoms with Gasteiger partial charge < -0.3 is 24.5 Å². The summed E-state index contributed by atoms with van der Waals surface area (Å²) in [7, 11) is 3.29. The lowest BCUT2D eigenvalue weighted by molar-refractivity contribution is 0.0447. The summed E-state index contributed by atoms with van der Waals surface area (Å²) >= 11 is 0. The van der Waals surface area contributed by atoms with Crippen molar-refractivity contribution in [2.75, 3.05) is 20.8 Å². The summed E-state index contributed by atoms with van der Waals surface area (Å²) in [4.78, 5) is 12.2. The van der Waals surface area contributed by atoms with Crippen molar-refractivity contribution in [2.24, 2.45) is 0 Å². The summed E-state index contributed by atoms with van der Waals surface area (Å²) in [6.45, 7) is 0.360. The average molecular weight is 296 g/mol. The molecule has 1 aromatic rings. The van der Waals surface area contributed by atoms with E-state index < -0.39 is 0 Å². The molecule has 1 fully saturated rings. The first-order valence-electron chi connectivity index (χ1n) is 7.36. The minimum absolute atomic E-state index is 0.0588. The normalized spacial score (nSPS) is 23.5. The van der Waals surface area contributed by atoms with Crippen LogP contribution in [0.15, 0.2) is 22.8 Å². The molecule has 0 unspecified atom stereocenters. The van der Waals surface area contributed by atoms with Gasteiger partial charge in [-0.2, -0.15) is 0 Å². The number of nitrogens with one attached hydrogen (secondary N) is 2. The summed E-state index contributed by atoms with van der Waals surface area (Å²) in [6, 6.07) is 3.16. The van der Waals surface area contributed by atoms with Crippen LogP contribution in [-0.4, -0.2) is 39.0 Å². The van der Waals surface area contributed by atoms with E-state index in [-0.39, 0.29) is 24.2 Å². The third kappa shape index (κ3) is 4.47. The van der Waals surface area contributed by atoms with Crippen LogP contribution in [0.1, 0.15) is 37.5 Å². The molecule has 6 nitrogen and oxygen atoms in total. The van der Waals surface area contributed by atoms with Gasteiger partial charge in [0.2, 0.25) is 0 Å². The van der Waals surface area contributed by atoms with Gasteiger partial charge >= 0.3 is 6.03 Å². The van der Waals surface area contributed by atoms with Gasteiger partial charge in [-0.3, -0.25) is 0 Å². The van der Waals surface area contributed by atoms with Gasteiger partial charge in [0.25, 0.3) is 0 Å². The van der Waals surface area contributed by atoms with E-state index >= 15 is 0 Å². The second kappa shape index (κ2) is 8.05. The monoisotopic (exact) mass is 296 g/mol. The molecule has 118 valence electrons. The molecule has 0 spiro atoms. The molecule has 1 heterocycles. The number of carbonyl (C=O) groups is 1. The number of rotatable bonds is 6. The lowest BCUT2D eigenvalue weighted by Crippen LogP contribution is -2.50. The van der Waals surface area contributed by atoms with Crippen LogP contribution in [0.3, 0.4) is 0 Å². The SMILES string of the molecule is COC[C@H](NC(=O)N[C@H]1CCCC[C@H]1OC)c1ccco1. The Hall–Kier alpha value is -1.53. The molecule has 0 radical (unpaired) electrons. The van der Waals surface area contributed by atoms with Crippen LogP contribution in [0.2, 0.25) is 0 Å². The molecule has 0 bridgehead atoms. The van der Waals surface area contributed by atoms with Crippen LogP contribution in [0.5, 0.6) is 0 Å². The molecular formula is C15H24N2O4. The molecule has 3 atom stereocenters. The molecule has 1 aromatic heterocycles. The summed E-state index contributed by atoms with van der Waals surface area (Å²) in [5.41, 5.74) is 0. The van der Waals surface area contributed by atoms with Gasteiger partial charge in [0.1, 0.15) is 11.8 Å². The lowest BCUT2D eigenvalue weighted by Gasteiger charge is -2.31. The Labute approximate surface area is 125 Å². The molecule has 0 aromatic carbocycles. The topological polar surface area (TPSA) is 72.7 Å². The van der Waals surface area contributed by atoms with E-state index in [1.807, 2.05) is 6.07 Å². The average Bonchev–Trinajstić information content (AvgIpc) is 3.01. The standard InChI is InChI=1S/C15H24N2O4/c1-19-10-12(14-8-5-9-21-14)17-15(18)16-11-6-3-4-7-13(11)20-2/h5,8-9,11-13H,3-4,6-7,10H2,1-2H3,(H2,16,17,18)/t11-,12-,13+/m0/s1. The van der Waals surface area contributed by atoms with Crippen LogP contribution >= 0.6 is 0 Å². The zero-order chi connectivity index (χ0) is 15.1. The Morgan fingerprint density at radius 2 is 2.24 bits per heavy atom. The Bertz CT molecular complexity index is 421. The first-order valence-corrected chi connectivity index (χ1v) is 7.36. The fourth-order valence-electron chi connectivity index (χ4n) is 2.76. The third-order valence-electron chi connectivity index (χ3n) is 3.85. The maximum absolute atomic E-state index is 12.2. The van der Waals surface area contributed by atoms with Gasteiger partial charge in [0.05, 0.1) is 25.0 Å². The van der Waals surface area contributed by atoms with Gasteiger partial charge in [-0.25, -0.2) is 4.79 Å². The number of amides is 2. The van der Waals surface area contributed by atoms with Gasteiger partial charge in [0, 0.05) is 14.2 Å². The second-order valence-corrected chi connectivity index (χ2v) is 5.31. The summed E-state index contributed by atoms with van der Waals surface area (Å²) in [6.07, 6.45) is 5.87. The molecule has 0 aliphatic heterocycles. The largest absolute Gasteiger partial charge is 0.467 e. The van der Waals surface area contributed by atoms with Crippen molar-refractivity contribution in [3.05, 3.63) is 24.2 Å². The predicted molar refractivity (Wildman–Crippen MR) is 78.0 cm³/mol. The van der Waals surface area contributed by atoms with Crippen LogP contribution in [0.25, 0.3) is 0 Å². The molecule has 1 aliphatic rings. The van der Waals surface area contributed by atoms with E-state index in [9.17, 15) is 4.79 Å². The number of carbonyl (C=O) groups excluding carboxylic acids is 1. The van der Waals surface area contributed by atoms with Crippen molar-refractivity contribution in [3.8, 4) is 0 Å². The molecule has 0 saturated heterocycles. The molecule has 21 heavy (non-hydrogen) atoms. The van der Waals surface area contributed by atoms with Gasteiger partial charge in [-0.15, -0.1) is 0 Å². The van der Waals surface area contributed by atoms with E-state index in [4.69, 9.17) is 13.9 Å². The lowest BCUT2D eigenvalue weighted by atomic mass is 9.92. The maximum Gasteiger partial charge on any atom is 0.315 e. The van der Waals surface area contributed by atoms with Gasteiger partial charge in [-0.05, 0) is 25.0 Å². The number of methoxy groups -OCH3 is 2. The molecule has 2 rings (SSSR count). The van der Waals surface area contributed by atoms with E-state index in [0.29, 0.717) is 12.4 Å². The first-order chi connectivity index (χ1) is 10.2. The highest BCUT2D eigenvalue weighted by Crippen LogP contribution is 2.21. The zero-order valence-corrected chi connectivity index (χ0v) is 12.6. The highest BCUT2D eigenvalue weighted by Gasteiger charge is 2.27. The minimum Gasteiger partial charge on any atom is -0.467 e. The van der Waals surface area contributed by atoms with E-state index in [1.165, 1.54) is 0 Å². The van der Waals surface area contributed by atoms with Crippen molar-refractivity contribution in [1.82, 2.24) is 10.6 Å². The van der Waals surface area contributed by atoms with E-state index in [0.717, 1.165) is 25.7 Å². The zero-order valence-electron chi connectivity index (χ0n) is 12.6. The van der Waals surface area contributed by atoms with Crippen LogP contribution in [0, 0.1) is 0 Å². The Balaban J connectivity index is 1.89. The van der Waals surface area contributed by atoms with Crippen molar-refractivity contribution in [1.29, 1.82) is 0 Å². The summed E-state index contributed by atoms with van der Waals surface area (Å²) in [5.74, 6) is 0.680. The van der Waals surface area contributed by atoms with Crippen molar-refractivity contribution >= 4 is 6.03 Å². The Morgan fingerprint density at radius 1 is 1.43 bits per heavy atom. The number of ether oxygens (including phenoxy) is 2. The predicted octanol–water partition coefficient (Wildman–Crippen LogP) is 2.22. The molecule has 6 heteroatoms. The highest BCUT2D eigenvalue weighted by atomic mass is 16.5. The first kappa shape index (κ1) is 15.9.